The summed E-state index contributed by atoms with van der Waals surface area (Å²) in [6.07, 6.45) is 5.39. The maximum absolute atomic E-state index is 11.9. The van der Waals surface area contributed by atoms with Crippen LogP contribution in [0.15, 0.2) is 48.8 Å². The van der Waals surface area contributed by atoms with Crippen molar-refractivity contribution in [1.82, 2.24) is 20.2 Å². The van der Waals surface area contributed by atoms with E-state index in [1.807, 2.05) is 36.4 Å². The average molecular weight is 354 g/mol. The minimum atomic E-state index is -0.0923. The quantitative estimate of drug-likeness (QED) is 0.670. The molecular formula is C20H26N4O2. The van der Waals surface area contributed by atoms with Crippen LogP contribution in [0.4, 0.5) is 0 Å². The number of Topliss-reactive ketones (excluding diaryl/α,β-unsaturated/α-hetero) is 1. The van der Waals surface area contributed by atoms with Crippen molar-refractivity contribution < 1.29 is 9.59 Å². The molecule has 26 heavy (non-hydrogen) atoms. The van der Waals surface area contributed by atoms with E-state index >= 15 is 0 Å². The molecule has 2 heterocycles. The fraction of sp³-hybridized carbons (Fsp3) is 0.400. The molecule has 0 saturated heterocycles. The summed E-state index contributed by atoms with van der Waals surface area (Å²) in [5.41, 5.74) is 1.99. The Morgan fingerprint density at radius 3 is 2.04 bits per heavy atom. The highest BCUT2D eigenvalue weighted by Gasteiger charge is 2.11. The van der Waals surface area contributed by atoms with E-state index in [0.717, 1.165) is 24.4 Å². The minimum absolute atomic E-state index is 0.0923. The normalized spacial score (nSPS) is 10.7. The summed E-state index contributed by atoms with van der Waals surface area (Å²) < 4.78 is 0. The average Bonchev–Trinajstić information content (AvgIpc) is 2.67. The molecule has 0 aromatic carbocycles. The molecule has 0 fully saturated rings. The van der Waals surface area contributed by atoms with Crippen LogP contribution in [-0.2, 0) is 22.7 Å². The van der Waals surface area contributed by atoms with Gasteiger partial charge in [0.1, 0.15) is 5.78 Å². The van der Waals surface area contributed by atoms with Crippen molar-refractivity contribution in [3.63, 3.8) is 0 Å². The summed E-state index contributed by atoms with van der Waals surface area (Å²) in [5.74, 6) is 0.0366. The minimum Gasteiger partial charge on any atom is -0.359 e. The van der Waals surface area contributed by atoms with Crippen LogP contribution in [0.1, 0.15) is 37.1 Å². The highest BCUT2D eigenvalue weighted by atomic mass is 16.2. The Morgan fingerprint density at radius 1 is 0.923 bits per heavy atom. The number of hydrogen-bond donors (Lipinski definition) is 1. The molecule has 2 aromatic heterocycles. The van der Waals surface area contributed by atoms with Gasteiger partial charge >= 0.3 is 0 Å². The molecule has 0 aliphatic rings. The zero-order valence-electron chi connectivity index (χ0n) is 15.2. The molecule has 2 aromatic rings. The first-order chi connectivity index (χ1) is 12.7. The number of nitrogens with one attached hydrogen (secondary N) is 1. The Bertz CT molecular complexity index is 635. The van der Waals surface area contributed by atoms with Crippen molar-refractivity contribution in [2.75, 3.05) is 13.6 Å². The Kier molecular flexibility index (Phi) is 8.42. The molecule has 1 amide bonds. The number of carbonyl (C=O) groups excluding carboxylic acids is 2. The predicted octanol–water partition coefficient (Wildman–Crippen LogP) is 2.35. The lowest BCUT2D eigenvalue weighted by molar-refractivity contribution is -0.125. The molecule has 0 spiro atoms. The van der Waals surface area contributed by atoms with Crippen molar-refractivity contribution in [2.45, 2.75) is 38.8 Å². The number of pyridine rings is 2. The van der Waals surface area contributed by atoms with Gasteiger partial charge in [-0.05, 0) is 37.2 Å². The van der Waals surface area contributed by atoms with Gasteiger partial charge in [-0.1, -0.05) is 12.1 Å². The molecule has 1 N–H and O–H groups in total. The van der Waals surface area contributed by atoms with Crippen LogP contribution in [0, 0.1) is 0 Å². The number of aromatic nitrogens is 2. The van der Waals surface area contributed by atoms with Gasteiger partial charge < -0.3 is 5.32 Å². The van der Waals surface area contributed by atoms with Crippen LogP contribution in [0.5, 0.6) is 0 Å². The van der Waals surface area contributed by atoms with Crippen LogP contribution < -0.4 is 5.32 Å². The van der Waals surface area contributed by atoms with Crippen LogP contribution in [0.25, 0.3) is 0 Å². The summed E-state index contributed by atoms with van der Waals surface area (Å²) in [6.45, 7) is 2.20. The van der Waals surface area contributed by atoms with Gasteiger partial charge in [0, 0.05) is 51.8 Å². The third kappa shape index (κ3) is 7.53. The summed E-state index contributed by atoms with van der Waals surface area (Å²) in [7, 11) is 1.58. The van der Waals surface area contributed by atoms with E-state index in [4.69, 9.17) is 0 Å². The lowest BCUT2D eigenvalue weighted by Crippen LogP contribution is -2.25. The fourth-order valence-corrected chi connectivity index (χ4v) is 2.66. The smallest absolute Gasteiger partial charge is 0.220 e. The maximum atomic E-state index is 11.9. The largest absolute Gasteiger partial charge is 0.359 e. The van der Waals surface area contributed by atoms with Gasteiger partial charge in [-0.3, -0.25) is 24.5 Å². The summed E-state index contributed by atoms with van der Waals surface area (Å²) >= 11 is 0. The van der Waals surface area contributed by atoms with E-state index in [0.29, 0.717) is 25.9 Å². The number of rotatable bonds is 11. The molecule has 138 valence electrons. The first-order valence-electron chi connectivity index (χ1n) is 8.92. The summed E-state index contributed by atoms with van der Waals surface area (Å²) in [5, 5.41) is 2.54. The van der Waals surface area contributed by atoms with E-state index in [9.17, 15) is 9.59 Å². The molecule has 2 rings (SSSR count). The Balaban J connectivity index is 1.85. The SMILES string of the molecule is CNC(=O)CCC(=O)CCCN(Cc1ccccn1)Cc1ccccn1. The molecular weight excluding hydrogens is 328 g/mol. The van der Waals surface area contributed by atoms with Crippen molar-refractivity contribution >= 4 is 11.7 Å². The van der Waals surface area contributed by atoms with Gasteiger partial charge in [0.2, 0.25) is 5.91 Å². The maximum Gasteiger partial charge on any atom is 0.220 e. The van der Waals surface area contributed by atoms with Gasteiger partial charge in [0.05, 0.1) is 11.4 Å². The van der Waals surface area contributed by atoms with E-state index in [-0.39, 0.29) is 18.1 Å². The van der Waals surface area contributed by atoms with Gasteiger partial charge in [0.25, 0.3) is 0 Å². The first kappa shape index (κ1) is 19.7. The number of carbonyl (C=O) groups is 2. The van der Waals surface area contributed by atoms with Crippen molar-refractivity contribution in [3.8, 4) is 0 Å². The molecule has 0 radical (unpaired) electrons. The second-order valence-corrected chi connectivity index (χ2v) is 6.17. The standard InChI is InChI=1S/C20H26N4O2/c1-21-20(26)11-10-19(25)9-6-14-24(15-17-7-2-4-12-22-17)16-18-8-3-5-13-23-18/h2-5,7-8,12-13H,6,9-11,14-16H2,1H3,(H,21,26). The lowest BCUT2D eigenvalue weighted by atomic mass is 10.1. The summed E-state index contributed by atoms with van der Waals surface area (Å²) in [6, 6.07) is 11.8. The highest BCUT2D eigenvalue weighted by molar-refractivity contribution is 5.84. The lowest BCUT2D eigenvalue weighted by Gasteiger charge is -2.21. The number of hydrogen-bond acceptors (Lipinski definition) is 5. The molecule has 0 aliphatic heterocycles. The second-order valence-electron chi connectivity index (χ2n) is 6.17. The highest BCUT2D eigenvalue weighted by Crippen LogP contribution is 2.09. The van der Waals surface area contributed by atoms with E-state index in [1.54, 1.807) is 19.4 Å². The predicted molar refractivity (Wildman–Crippen MR) is 100 cm³/mol. The number of amides is 1. The molecule has 6 heteroatoms. The number of nitrogens with zero attached hydrogens (tertiary/aromatic N) is 3. The second kappa shape index (κ2) is 11.1. The Morgan fingerprint density at radius 2 is 1.54 bits per heavy atom. The van der Waals surface area contributed by atoms with E-state index < -0.39 is 0 Å². The first-order valence-corrected chi connectivity index (χ1v) is 8.92. The van der Waals surface area contributed by atoms with Gasteiger partial charge in [-0.15, -0.1) is 0 Å². The van der Waals surface area contributed by atoms with E-state index in [1.165, 1.54) is 0 Å². The number of ketones is 1. The zero-order chi connectivity index (χ0) is 18.6. The van der Waals surface area contributed by atoms with Gasteiger partial charge in [-0.2, -0.15) is 0 Å². The molecule has 0 atom stereocenters. The molecule has 0 aliphatic carbocycles. The molecule has 6 nitrogen and oxygen atoms in total. The topological polar surface area (TPSA) is 75.2 Å². The third-order valence-corrected chi connectivity index (χ3v) is 4.06. The van der Waals surface area contributed by atoms with Gasteiger partial charge in [0.15, 0.2) is 0 Å². The van der Waals surface area contributed by atoms with E-state index in [2.05, 4.69) is 20.2 Å². The van der Waals surface area contributed by atoms with Crippen molar-refractivity contribution in [1.29, 1.82) is 0 Å². The summed E-state index contributed by atoms with van der Waals surface area (Å²) in [4.78, 5) is 34.2. The molecule has 0 bridgehead atoms. The van der Waals surface area contributed by atoms with Crippen LogP contribution in [0.3, 0.4) is 0 Å². The van der Waals surface area contributed by atoms with Crippen LogP contribution in [0.2, 0.25) is 0 Å². The van der Waals surface area contributed by atoms with Crippen LogP contribution in [-0.4, -0.2) is 40.2 Å². The van der Waals surface area contributed by atoms with Crippen LogP contribution >= 0.6 is 0 Å². The van der Waals surface area contributed by atoms with Gasteiger partial charge in [-0.25, -0.2) is 0 Å². The Labute approximate surface area is 154 Å². The van der Waals surface area contributed by atoms with Crippen molar-refractivity contribution in [2.24, 2.45) is 0 Å². The zero-order valence-corrected chi connectivity index (χ0v) is 15.2. The van der Waals surface area contributed by atoms with Crippen molar-refractivity contribution in [3.05, 3.63) is 60.2 Å². The molecule has 0 unspecified atom stereocenters. The molecule has 0 saturated carbocycles. The fourth-order valence-electron chi connectivity index (χ4n) is 2.66. The Hall–Kier alpha value is -2.60. The monoisotopic (exact) mass is 354 g/mol. The third-order valence-electron chi connectivity index (χ3n) is 4.06.